The van der Waals surface area contributed by atoms with Crippen LogP contribution in [0.25, 0.3) is 0 Å². The molecule has 6 nitrogen and oxygen atoms in total. The van der Waals surface area contributed by atoms with Crippen molar-refractivity contribution in [3.63, 3.8) is 0 Å². The first-order valence-corrected chi connectivity index (χ1v) is 7.95. The first kappa shape index (κ1) is 17.4. The number of rotatable bonds is 5. The van der Waals surface area contributed by atoms with Gasteiger partial charge in [0.25, 0.3) is 0 Å². The Morgan fingerprint density at radius 2 is 2.09 bits per heavy atom. The number of hydrogen-bond acceptors (Lipinski definition) is 5. The van der Waals surface area contributed by atoms with Gasteiger partial charge in [0.1, 0.15) is 0 Å². The lowest BCUT2D eigenvalue weighted by Gasteiger charge is -2.35. The molecule has 1 heterocycles. The number of benzene rings is 1. The van der Waals surface area contributed by atoms with Crippen LogP contribution in [-0.4, -0.2) is 56.2 Å². The van der Waals surface area contributed by atoms with Gasteiger partial charge in [-0.05, 0) is 19.4 Å². The Hall–Kier alpha value is -1.92. The maximum atomic E-state index is 11.8. The standard InChI is InChI=1S/C17H24N2O4/c1-3-23-17(21)16(20)18-12-15(19-7-9-22-10-8-19)14-6-4-5-13(2)11-14/h4-6,11,15H,3,7-10,12H2,1-2H3,(H,18,20). The van der Waals surface area contributed by atoms with Crippen LogP contribution >= 0.6 is 0 Å². The Balaban J connectivity index is 2.07. The van der Waals surface area contributed by atoms with Gasteiger partial charge >= 0.3 is 11.9 Å². The van der Waals surface area contributed by atoms with Crippen molar-refractivity contribution >= 4 is 11.9 Å². The molecule has 1 aliphatic rings. The number of nitrogens with one attached hydrogen (secondary N) is 1. The number of esters is 1. The van der Waals surface area contributed by atoms with Gasteiger partial charge in [-0.25, -0.2) is 4.79 Å². The molecule has 1 aromatic carbocycles. The van der Waals surface area contributed by atoms with E-state index in [1.165, 1.54) is 0 Å². The molecular formula is C17H24N2O4. The molecule has 0 bridgehead atoms. The van der Waals surface area contributed by atoms with Crippen molar-refractivity contribution in [2.75, 3.05) is 39.5 Å². The van der Waals surface area contributed by atoms with Gasteiger partial charge in [0.05, 0.1) is 25.9 Å². The Kier molecular flexibility index (Phi) is 6.55. The molecule has 2 rings (SSSR count). The molecule has 0 aliphatic carbocycles. The van der Waals surface area contributed by atoms with E-state index in [9.17, 15) is 9.59 Å². The van der Waals surface area contributed by atoms with Crippen LogP contribution in [0.5, 0.6) is 0 Å². The van der Waals surface area contributed by atoms with Crippen LogP contribution in [0.4, 0.5) is 0 Å². The highest BCUT2D eigenvalue weighted by Gasteiger charge is 2.24. The van der Waals surface area contributed by atoms with E-state index in [0.717, 1.165) is 24.2 Å². The third-order valence-electron chi connectivity index (χ3n) is 3.83. The molecule has 0 radical (unpaired) electrons. The molecule has 1 atom stereocenters. The average molecular weight is 320 g/mol. The number of aryl methyl sites for hydroxylation is 1. The highest BCUT2D eigenvalue weighted by molar-refractivity contribution is 6.32. The molecule has 0 spiro atoms. The first-order chi connectivity index (χ1) is 11.1. The molecule has 1 saturated heterocycles. The number of amides is 1. The van der Waals surface area contributed by atoms with Crippen LogP contribution in [0.1, 0.15) is 24.1 Å². The Morgan fingerprint density at radius 3 is 2.74 bits per heavy atom. The summed E-state index contributed by atoms with van der Waals surface area (Å²) in [6.07, 6.45) is 0. The van der Waals surface area contributed by atoms with Gasteiger partial charge in [0.2, 0.25) is 0 Å². The maximum absolute atomic E-state index is 11.8. The number of nitrogens with zero attached hydrogens (tertiary/aromatic N) is 1. The summed E-state index contributed by atoms with van der Waals surface area (Å²) in [5, 5.41) is 2.69. The Bertz CT molecular complexity index is 541. The second kappa shape index (κ2) is 8.64. The molecule has 1 amide bonds. The second-order valence-electron chi connectivity index (χ2n) is 5.51. The molecule has 0 aromatic heterocycles. The third-order valence-corrected chi connectivity index (χ3v) is 3.83. The van der Waals surface area contributed by atoms with Crippen LogP contribution < -0.4 is 5.32 Å². The smallest absolute Gasteiger partial charge is 0.396 e. The molecule has 1 aliphatic heterocycles. The molecule has 0 saturated carbocycles. The summed E-state index contributed by atoms with van der Waals surface area (Å²) in [7, 11) is 0. The van der Waals surface area contributed by atoms with Crippen molar-refractivity contribution in [1.29, 1.82) is 0 Å². The Morgan fingerprint density at radius 1 is 1.35 bits per heavy atom. The van der Waals surface area contributed by atoms with Gasteiger partial charge in [-0.2, -0.15) is 0 Å². The zero-order chi connectivity index (χ0) is 16.7. The largest absolute Gasteiger partial charge is 0.459 e. The fourth-order valence-electron chi connectivity index (χ4n) is 2.68. The summed E-state index contributed by atoms with van der Waals surface area (Å²) in [4.78, 5) is 25.5. The van der Waals surface area contributed by atoms with Gasteiger partial charge in [-0.3, -0.25) is 9.69 Å². The minimum Gasteiger partial charge on any atom is -0.459 e. The molecule has 1 aromatic rings. The fraction of sp³-hybridized carbons (Fsp3) is 0.529. The van der Waals surface area contributed by atoms with Crippen LogP contribution in [0.15, 0.2) is 24.3 Å². The van der Waals surface area contributed by atoms with E-state index in [1.54, 1.807) is 6.92 Å². The Labute approximate surface area is 136 Å². The highest BCUT2D eigenvalue weighted by atomic mass is 16.5. The molecule has 1 unspecified atom stereocenters. The molecule has 126 valence electrons. The van der Waals surface area contributed by atoms with E-state index in [0.29, 0.717) is 19.8 Å². The number of ether oxygens (including phenoxy) is 2. The van der Waals surface area contributed by atoms with Crippen molar-refractivity contribution in [3.8, 4) is 0 Å². The van der Waals surface area contributed by atoms with Gasteiger partial charge in [-0.1, -0.05) is 29.8 Å². The summed E-state index contributed by atoms with van der Waals surface area (Å²) in [5.41, 5.74) is 2.29. The van der Waals surface area contributed by atoms with Crippen molar-refractivity contribution in [2.24, 2.45) is 0 Å². The average Bonchev–Trinajstić information content (AvgIpc) is 2.56. The lowest BCUT2D eigenvalue weighted by molar-refractivity contribution is -0.154. The van der Waals surface area contributed by atoms with E-state index >= 15 is 0 Å². The number of carbonyl (C=O) groups is 2. The molecule has 1 N–H and O–H groups in total. The van der Waals surface area contributed by atoms with Gasteiger partial charge in [0.15, 0.2) is 0 Å². The third kappa shape index (κ3) is 5.04. The molecule has 6 heteroatoms. The zero-order valence-electron chi connectivity index (χ0n) is 13.7. The lowest BCUT2D eigenvalue weighted by Crippen LogP contribution is -2.45. The van der Waals surface area contributed by atoms with Crippen LogP contribution in [-0.2, 0) is 19.1 Å². The number of morpholine rings is 1. The van der Waals surface area contributed by atoms with Crippen molar-refractivity contribution in [3.05, 3.63) is 35.4 Å². The molecule has 23 heavy (non-hydrogen) atoms. The summed E-state index contributed by atoms with van der Waals surface area (Å²) in [5.74, 6) is -1.53. The van der Waals surface area contributed by atoms with E-state index < -0.39 is 11.9 Å². The first-order valence-electron chi connectivity index (χ1n) is 7.95. The van der Waals surface area contributed by atoms with Gasteiger partial charge < -0.3 is 14.8 Å². The topological polar surface area (TPSA) is 67.9 Å². The maximum Gasteiger partial charge on any atom is 0.396 e. The van der Waals surface area contributed by atoms with Crippen LogP contribution in [0.3, 0.4) is 0 Å². The summed E-state index contributed by atoms with van der Waals surface area (Å²) in [6.45, 7) is 7.22. The van der Waals surface area contributed by atoms with Crippen molar-refractivity contribution in [2.45, 2.75) is 19.9 Å². The molecule has 1 fully saturated rings. The van der Waals surface area contributed by atoms with E-state index in [2.05, 4.69) is 16.3 Å². The fourth-order valence-corrected chi connectivity index (χ4v) is 2.68. The number of carbonyl (C=O) groups excluding carboxylic acids is 2. The minimum atomic E-state index is -0.836. The lowest BCUT2D eigenvalue weighted by atomic mass is 10.0. The van der Waals surface area contributed by atoms with Crippen LogP contribution in [0.2, 0.25) is 0 Å². The normalized spacial score (nSPS) is 16.6. The van der Waals surface area contributed by atoms with E-state index in [4.69, 9.17) is 9.47 Å². The predicted octanol–water partition coefficient (Wildman–Crippen LogP) is 1.05. The summed E-state index contributed by atoms with van der Waals surface area (Å²) in [6, 6.07) is 8.21. The van der Waals surface area contributed by atoms with Gasteiger partial charge in [0, 0.05) is 19.6 Å². The van der Waals surface area contributed by atoms with Crippen molar-refractivity contribution in [1.82, 2.24) is 10.2 Å². The van der Waals surface area contributed by atoms with Gasteiger partial charge in [-0.15, -0.1) is 0 Å². The quantitative estimate of drug-likeness (QED) is 0.649. The van der Waals surface area contributed by atoms with Crippen LogP contribution in [0, 0.1) is 6.92 Å². The van der Waals surface area contributed by atoms with Crippen molar-refractivity contribution < 1.29 is 19.1 Å². The van der Waals surface area contributed by atoms with E-state index in [-0.39, 0.29) is 12.6 Å². The minimum absolute atomic E-state index is 0.0113. The summed E-state index contributed by atoms with van der Waals surface area (Å²) >= 11 is 0. The second-order valence-corrected chi connectivity index (χ2v) is 5.51. The monoisotopic (exact) mass is 320 g/mol. The molecular weight excluding hydrogens is 296 g/mol. The number of hydrogen-bond donors (Lipinski definition) is 1. The van der Waals surface area contributed by atoms with E-state index in [1.807, 2.05) is 25.1 Å². The predicted molar refractivity (Wildman–Crippen MR) is 86.0 cm³/mol. The highest BCUT2D eigenvalue weighted by Crippen LogP contribution is 2.22. The summed E-state index contributed by atoms with van der Waals surface area (Å²) < 4.78 is 10.1. The zero-order valence-corrected chi connectivity index (χ0v) is 13.7. The SMILES string of the molecule is CCOC(=O)C(=O)NCC(c1cccc(C)c1)N1CCOCC1.